The van der Waals surface area contributed by atoms with E-state index in [0.717, 1.165) is 0 Å². The van der Waals surface area contributed by atoms with E-state index in [0.29, 0.717) is 22.7 Å². The van der Waals surface area contributed by atoms with E-state index in [-0.39, 0.29) is 11.0 Å². The summed E-state index contributed by atoms with van der Waals surface area (Å²) in [5.74, 6) is 0.846. The fourth-order valence-corrected chi connectivity index (χ4v) is 2.08. The number of rotatable bonds is 4. The van der Waals surface area contributed by atoms with Gasteiger partial charge in [-0.2, -0.15) is 0 Å². The molecule has 0 radical (unpaired) electrons. The van der Waals surface area contributed by atoms with Crippen LogP contribution in [0.15, 0.2) is 48.5 Å². The second-order valence-electron chi connectivity index (χ2n) is 4.31. The topological polar surface area (TPSA) is 59.6 Å². The molecule has 0 spiro atoms. The van der Waals surface area contributed by atoms with Crippen molar-refractivity contribution in [3.63, 3.8) is 0 Å². The van der Waals surface area contributed by atoms with Crippen molar-refractivity contribution in [1.29, 1.82) is 0 Å². The van der Waals surface area contributed by atoms with Crippen LogP contribution in [0.4, 0.5) is 5.69 Å². The summed E-state index contributed by atoms with van der Waals surface area (Å²) in [4.78, 5) is 12.1. The first-order chi connectivity index (χ1) is 10.7. The van der Waals surface area contributed by atoms with Crippen LogP contribution < -0.4 is 20.1 Å². The normalized spacial score (nSPS) is 9.73. The standard InChI is InChI=1S/C16H16N2O3S/c1-20-12-9-6-10-13(21-2)14(12)17-16(22)18-15(19)11-7-4-3-5-8-11/h3-10H,1-2H3,(H2,17,18,19,22). The molecule has 0 fully saturated rings. The molecule has 5 nitrogen and oxygen atoms in total. The highest BCUT2D eigenvalue weighted by Gasteiger charge is 2.13. The summed E-state index contributed by atoms with van der Waals surface area (Å²) in [5.41, 5.74) is 1.09. The van der Waals surface area contributed by atoms with Crippen molar-refractivity contribution in [3.05, 3.63) is 54.1 Å². The maximum absolute atomic E-state index is 12.1. The van der Waals surface area contributed by atoms with Crippen LogP contribution in [-0.2, 0) is 0 Å². The number of methoxy groups -OCH3 is 2. The minimum atomic E-state index is -0.285. The van der Waals surface area contributed by atoms with E-state index in [9.17, 15) is 4.79 Å². The van der Waals surface area contributed by atoms with E-state index < -0.39 is 0 Å². The number of hydrogen-bond donors (Lipinski definition) is 2. The van der Waals surface area contributed by atoms with E-state index in [4.69, 9.17) is 21.7 Å². The van der Waals surface area contributed by atoms with Crippen LogP contribution in [0.5, 0.6) is 11.5 Å². The quantitative estimate of drug-likeness (QED) is 0.850. The maximum atomic E-state index is 12.1. The van der Waals surface area contributed by atoms with Crippen LogP contribution in [0.3, 0.4) is 0 Å². The third-order valence-corrected chi connectivity index (χ3v) is 3.13. The Kier molecular flexibility index (Phi) is 5.32. The fourth-order valence-electron chi connectivity index (χ4n) is 1.88. The van der Waals surface area contributed by atoms with Crippen LogP contribution in [0.25, 0.3) is 0 Å². The van der Waals surface area contributed by atoms with Crippen molar-refractivity contribution in [1.82, 2.24) is 5.32 Å². The van der Waals surface area contributed by atoms with E-state index >= 15 is 0 Å². The van der Waals surface area contributed by atoms with Gasteiger partial charge in [0.2, 0.25) is 0 Å². The second kappa shape index (κ2) is 7.42. The molecule has 6 heteroatoms. The summed E-state index contributed by atoms with van der Waals surface area (Å²) in [6.45, 7) is 0. The molecule has 0 atom stereocenters. The zero-order valence-electron chi connectivity index (χ0n) is 12.3. The molecule has 0 saturated heterocycles. The Labute approximate surface area is 134 Å². The Balaban J connectivity index is 2.11. The molecule has 0 aliphatic heterocycles. The first-order valence-electron chi connectivity index (χ1n) is 6.54. The van der Waals surface area contributed by atoms with Gasteiger partial charge in [0.15, 0.2) is 5.11 Å². The number of thiocarbonyl (C=S) groups is 1. The minimum Gasteiger partial charge on any atom is -0.494 e. The van der Waals surface area contributed by atoms with Crippen molar-refractivity contribution in [2.45, 2.75) is 0 Å². The molecule has 114 valence electrons. The number of hydrogen-bond acceptors (Lipinski definition) is 4. The second-order valence-corrected chi connectivity index (χ2v) is 4.72. The first-order valence-corrected chi connectivity index (χ1v) is 6.95. The van der Waals surface area contributed by atoms with Crippen LogP contribution in [0, 0.1) is 0 Å². The largest absolute Gasteiger partial charge is 0.494 e. The van der Waals surface area contributed by atoms with Gasteiger partial charge in [0.1, 0.15) is 17.2 Å². The molecule has 2 N–H and O–H groups in total. The highest BCUT2D eigenvalue weighted by Crippen LogP contribution is 2.33. The summed E-state index contributed by atoms with van der Waals surface area (Å²) < 4.78 is 10.5. The van der Waals surface area contributed by atoms with Gasteiger partial charge in [-0.05, 0) is 36.5 Å². The van der Waals surface area contributed by atoms with Gasteiger partial charge in [-0.1, -0.05) is 24.3 Å². The Hall–Kier alpha value is -2.60. The summed E-state index contributed by atoms with van der Waals surface area (Å²) >= 11 is 5.17. The summed E-state index contributed by atoms with van der Waals surface area (Å²) in [6.07, 6.45) is 0. The third kappa shape index (κ3) is 3.73. The van der Waals surface area contributed by atoms with Gasteiger partial charge in [0, 0.05) is 5.56 Å². The summed E-state index contributed by atoms with van der Waals surface area (Å²) in [5, 5.41) is 5.71. The Morgan fingerprint density at radius 1 is 0.955 bits per heavy atom. The minimum absolute atomic E-state index is 0.164. The van der Waals surface area contributed by atoms with Crippen molar-refractivity contribution in [3.8, 4) is 11.5 Å². The third-order valence-electron chi connectivity index (χ3n) is 2.93. The number of para-hydroxylation sites is 1. The molecule has 0 saturated carbocycles. The summed E-state index contributed by atoms with van der Waals surface area (Å²) in [7, 11) is 3.09. The van der Waals surface area contributed by atoms with Crippen LogP contribution in [0.1, 0.15) is 10.4 Å². The van der Waals surface area contributed by atoms with Gasteiger partial charge >= 0.3 is 0 Å². The molecule has 0 bridgehead atoms. The molecular weight excluding hydrogens is 300 g/mol. The van der Waals surface area contributed by atoms with Crippen molar-refractivity contribution >= 4 is 28.9 Å². The molecule has 1 amide bonds. The van der Waals surface area contributed by atoms with Gasteiger partial charge in [0.25, 0.3) is 5.91 Å². The Morgan fingerprint density at radius 3 is 2.09 bits per heavy atom. The van der Waals surface area contributed by atoms with Gasteiger partial charge in [-0.15, -0.1) is 0 Å². The van der Waals surface area contributed by atoms with Gasteiger partial charge < -0.3 is 14.8 Å². The zero-order chi connectivity index (χ0) is 15.9. The Morgan fingerprint density at radius 2 is 1.55 bits per heavy atom. The van der Waals surface area contributed by atoms with E-state index in [2.05, 4.69) is 10.6 Å². The number of ether oxygens (including phenoxy) is 2. The fraction of sp³-hybridized carbons (Fsp3) is 0.125. The predicted octanol–water partition coefficient (Wildman–Crippen LogP) is 2.83. The first kappa shape index (κ1) is 15.8. The number of anilines is 1. The molecule has 0 aromatic heterocycles. The average Bonchev–Trinajstić information content (AvgIpc) is 2.55. The molecule has 2 rings (SSSR count). The van der Waals surface area contributed by atoms with Crippen LogP contribution >= 0.6 is 12.2 Å². The molecule has 22 heavy (non-hydrogen) atoms. The molecule has 0 aliphatic rings. The highest BCUT2D eigenvalue weighted by molar-refractivity contribution is 7.80. The number of nitrogens with one attached hydrogen (secondary N) is 2. The highest BCUT2D eigenvalue weighted by atomic mass is 32.1. The van der Waals surface area contributed by atoms with Crippen molar-refractivity contribution < 1.29 is 14.3 Å². The number of carbonyl (C=O) groups excluding carboxylic acids is 1. The van der Waals surface area contributed by atoms with Gasteiger partial charge in [-0.3, -0.25) is 10.1 Å². The molecule has 0 unspecified atom stereocenters. The lowest BCUT2D eigenvalue weighted by molar-refractivity contribution is 0.0977. The molecule has 2 aromatic rings. The van der Waals surface area contributed by atoms with Gasteiger partial charge in [-0.25, -0.2) is 0 Å². The van der Waals surface area contributed by atoms with E-state index in [1.807, 2.05) is 6.07 Å². The number of carbonyl (C=O) groups is 1. The van der Waals surface area contributed by atoms with Crippen LogP contribution in [0.2, 0.25) is 0 Å². The van der Waals surface area contributed by atoms with Crippen molar-refractivity contribution in [2.75, 3.05) is 19.5 Å². The van der Waals surface area contributed by atoms with E-state index in [1.165, 1.54) is 0 Å². The lowest BCUT2D eigenvalue weighted by atomic mass is 10.2. The molecule has 0 heterocycles. The predicted molar refractivity (Wildman–Crippen MR) is 89.7 cm³/mol. The monoisotopic (exact) mass is 316 g/mol. The van der Waals surface area contributed by atoms with Crippen molar-refractivity contribution in [2.24, 2.45) is 0 Å². The number of benzene rings is 2. The smallest absolute Gasteiger partial charge is 0.257 e. The SMILES string of the molecule is COc1cccc(OC)c1NC(=S)NC(=O)c1ccccc1. The van der Waals surface area contributed by atoms with Crippen LogP contribution in [-0.4, -0.2) is 25.2 Å². The van der Waals surface area contributed by atoms with E-state index in [1.54, 1.807) is 56.7 Å². The summed E-state index contributed by atoms with van der Waals surface area (Å²) in [6, 6.07) is 14.2. The maximum Gasteiger partial charge on any atom is 0.257 e. The molecule has 0 aliphatic carbocycles. The van der Waals surface area contributed by atoms with Gasteiger partial charge in [0.05, 0.1) is 14.2 Å². The number of amides is 1. The lowest BCUT2D eigenvalue weighted by Gasteiger charge is -2.15. The lowest BCUT2D eigenvalue weighted by Crippen LogP contribution is -2.34. The molecular formula is C16H16N2O3S. The average molecular weight is 316 g/mol. The molecule has 2 aromatic carbocycles. The zero-order valence-corrected chi connectivity index (χ0v) is 13.1. The Bertz CT molecular complexity index is 652.